The van der Waals surface area contributed by atoms with Crippen LogP contribution in [0.4, 0.5) is 0 Å². The van der Waals surface area contributed by atoms with Crippen LogP contribution in [0.1, 0.15) is 22.9 Å². The molecule has 0 saturated heterocycles. The van der Waals surface area contributed by atoms with E-state index in [-0.39, 0.29) is 0 Å². The third kappa shape index (κ3) is 4.45. The number of amidine groups is 2. The van der Waals surface area contributed by atoms with Crippen LogP contribution < -0.4 is 5.32 Å². The Kier molecular flexibility index (Phi) is 5.81. The van der Waals surface area contributed by atoms with Crippen molar-refractivity contribution in [3.63, 3.8) is 0 Å². The minimum atomic E-state index is -0.427. The molecule has 3 heterocycles. The number of rotatable bonds is 4. The maximum Gasteiger partial charge on any atom is 0.227 e. The zero-order valence-electron chi connectivity index (χ0n) is 24.2. The topological polar surface area (TPSA) is 62.8 Å². The molecule has 212 valence electrons. The van der Waals surface area contributed by atoms with E-state index in [4.69, 9.17) is 14.4 Å². The number of aliphatic imine (C=N–C) groups is 2. The van der Waals surface area contributed by atoms with Crippen LogP contribution >= 0.6 is 0 Å². The highest BCUT2D eigenvalue weighted by molar-refractivity contribution is 6.23. The lowest BCUT2D eigenvalue weighted by Crippen LogP contribution is -2.36. The molecule has 1 aliphatic rings. The van der Waals surface area contributed by atoms with Crippen LogP contribution in [0.25, 0.3) is 54.7 Å². The Morgan fingerprint density at radius 2 is 1.27 bits per heavy atom. The molecule has 0 bridgehead atoms. The van der Waals surface area contributed by atoms with E-state index in [1.54, 1.807) is 6.20 Å². The summed E-state index contributed by atoms with van der Waals surface area (Å²) in [6.07, 6.45) is 1.33. The number of hydrogen-bond donors (Lipinski definition) is 1. The molecule has 1 aliphatic heterocycles. The molecular formula is C40H26N4O. The van der Waals surface area contributed by atoms with Gasteiger partial charge in [0.1, 0.15) is 17.3 Å². The average molecular weight is 579 g/mol. The fraction of sp³-hybridized carbons (Fsp3) is 0.0250. The summed E-state index contributed by atoms with van der Waals surface area (Å²) < 4.78 is 6.12. The van der Waals surface area contributed by atoms with Crippen molar-refractivity contribution < 1.29 is 4.42 Å². The Morgan fingerprint density at radius 3 is 2.16 bits per heavy atom. The van der Waals surface area contributed by atoms with Gasteiger partial charge in [-0.15, -0.1) is 0 Å². The molecule has 0 saturated carbocycles. The molecule has 9 rings (SSSR count). The smallest absolute Gasteiger partial charge is 0.227 e. The zero-order valence-corrected chi connectivity index (χ0v) is 24.2. The maximum atomic E-state index is 6.12. The molecule has 45 heavy (non-hydrogen) atoms. The Morgan fingerprint density at radius 1 is 0.533 bits per heavy atom. The minimum absolute atomic E-state index is 0.427. The van der Waals surface area contributed by atoms with Gasteiger partial charge in [0, 0.05) is 28.1 Å². The van der Waals surface area contributed by atoms with Gasteiger partial charge in [-0.25, -0.2) is 15.0 Å². The first-order chi connectivity index (χ1) is 22.3. The van der Waals surface area contributed by atoms with Crippen LogP contribution in [-0.4, -0.2) is 16.7 Å². The molecule has 1 N–H and O–H groups in total. The van der Waals surface area contributed by atoms with Crippen molar-refractivity contribution in [1.82, 2.24) is 10.3 Å². The molecule has 0 radical (unpaired) electrons. The van der Waals surface area contributed by atoms with Gasteiger partial charge in [0.05, 0.1) is 0 Å². The molecule has 1 unspecified atom stereocenters. The summed E-state index contributed by atoms with van der Waals surface area (Å²) in [7, 11) is 0. The van der Waals surface area contributed by atoms with Crippen molar-refractivity contribution in [3.8, 4) is 11.1 Å². The molecule has 2 aromatic heterocycles. The molecule has 5 nitrogen and oxygen atoms in total. The Bertz CT molecular complexity index is 2470. The summed E-state index contributed by atoms with van der Waals surface area (Å²) in [5.74, 6) is 1.52. The Hall–Kier alpha value is -6.07. The molecule has 0 fully saturated rings. The predicted molar refractivity (Wildman–Crippen MR) is 184 cm³/mol. The van der Waals surface area contributed by atoms with Gasteiger partial charge >= 0.3 is 0 Å². The van der Waals surface area contributed by atoms with E-state index < -0.39 is 6.17 Å². The number of hydrogen-bond acceptors (Lipinski definition) is 5. The second-order valence-electron chi connectivity index (χ2n) is 11.3. The molecule has 6 aromatic carbocycles. The van der Waals surface area contributed by atoms with Crippen molar-refractivity contribution in [3.05, 3.63) is 162 Å². The molecule has 0 aliphatic carbocycles. The van der Waals surface area contributed by atoms with Crippen LogP contribution in [0.5, 0.6) is 0 Å². The van der Waals surface area contributed by atoms with Gasteiger partial charge in [0.25, 0.3) is 0 Å². The highest BCUT2D eigenvalue weighted by Crippen LogP contribution is 2.33. The molecule has 8 aromatic rings. The van der Waals surface area contributed by atoms with Crippen molar-refractivity contribution >= 4 is 55.3 Å². The van der Waals surface area contributed by atoms with Gasteiger partial charge in [-0.05, 0) is 74.6 Å². The fourth-order valence-electron chi connectivity index (χ4n) is 6.31. The average Bonchev–Trinajstić information content (AvgIpc) is 3.50. The van der Waals surface area contributed by atoms with Crippen LogP contribution in [-0.2, 0) is 0 Å². The van der Waals surface area contributed by atoms with Gasteiger partial charge in [-0.2, -0.15) is 0 Å². The van der Waals surface area contributed by atoms with E-state index in [2.05, 4.69) is 119 Å². The highest BCUT2D eigenvalue weighted by atomic mass is 16.3. The fourth-order valence-corrected chi connectivity index (χ4v) is 6.31. The van der Waals surface area contributed by atoms with Crippen LogP contribution in [0, 0.1) is 0 Å². The van der Waals surface area contributed by atoms with Crippen molar-refractivity contribution in [1.29, 1.82) is 0 Å². The first kappa shape index (κ1) is 25.4. The van der Waals surface area contributed by atoms with E-state index in [0.717, 1.165) is 55.5 Å². The van der Waals surface area contributed by atoms with E-state index in [1.165, 1.54) is 21.9 Å². The number of benzene rings is 6. The second kappa shape index (κ2) is 10.3. The van der Waals surface area contributed by atoms with Crippen LogP contribution in [0.2, 0.25) is 0 Å². The minimum Gasteiger partial charge on any atom is -0.438 e. The van der Waals surface area contributed by atoms with Gasteiger partial charge in [-0.1, -0.05) is 103 Å². The van der Waals surface area contributed by atoms with Crippen molar-refractivity contribution in [2.45, 2.75) is 6.17 Å². The Labute approximate surface area is 259 Å². The zero-order chi connectivity index (χ0) is 29.7. The molecule has 0 amide bonds. The normalized spacial score (nSPS) is 14.9. The number of fused-ring (bicyclic) bond motifs is 5. The van der Waals surface area contributed by atoms with Crippen LogP contribution in [0.15, 0.2) is 160 Å². The first-order valence-corrected chi connectivity index (χ1v) is 15.0. The number of nitrogens with one attached hydrogen (secondary N) is 1. The summed E-state index contributed by atoms with van der Waals surface area (Å²) >= 11 is 0. The monoisotopic (exact) mass is 578 g/mol. The Balaban J connectivity index is 1.18. The number of nitrogens with zero attached hydrogens (tertiary/aromatic N) is 3. The SMILES string of the molecule is c1ccc(-c2ccc3cc(C4=NC(c5ccc6ccccc6c5)N=C(c5cccc6oc7ncccc7c56)N4)ccc3c2)cc1. The van der Waals surface area contributed by atoms with Gasteiger partial charge < -0.3 is 9.73 Å². The van der Waals surface area contributed by atoms with E-state index in [1.807, 2.05) is 30.3 Å². The summed E-state index contributed by atoms with van der Waals surface area (Å²) in [5, 5.41) is 10.2. The maximum absolute atomic E-state index is 6.12. The quantitative estimate of drug-likeness (QED) is 0.226. The van der Waals surface area contributed by atoms with Gasteiger partial charge in [0.2, 0.25) is 5.71 Å². The summed E-state index contributed by atoms with van der Waals surface area (Å²) in [6.45, 7) is 0. The number of pyridine rings is 1. The molecule has 1 atom stereocenters. The summed E-state index contributed by atoms with van der Waals surface area (Å²) in [6, 6.07) is 48.5. The molecule has 0 spiro atoms. The van der Waals surface area contributed by atoms with E-state index in [9.17, 15) is 0 Å². The summed E-state index contributed by atoms with van der Waals surface area (Å²) in [4.78, 5) is 14.9. The largest absolute Gasteiger partial charge is 0.438 e. The lowest BCUT2D eigenvalue weighted by Gasteiger charge is -2.23. The summed E-state index contributed by atoms with van der Waals surface area (Å²) in [5.41, 5.74) is 6.77. The van der Waals surface area contributed by atoms with Gasteiger partial charge in [0.15, 0.2) is 6.17 Å². The standard InChI is InChI=1S/C40H26N4O/c1-2-8-25(9-3-1)28-16-17-30-24-32(20-18-29(30)22-28)38-42-37(31-19-15-26-10-4-5-11-27(26)23-31)43-39(44-38)33-12-6-14-35-36(33)34-13-7-21-41-40(34)45-35/h1-24,37H,(H,42,43,44). The lowest BCUT2D eigenvalue weighted by atomic mass is 9.99. The second-order valence-corrected chi connectivity index (χ2v) is 11.3. The van der Waals surface area contributed by atoms with E-state index in [0.29, 0.717) is 5.71 Å². The van der Waals surface area contributed by atoms with Crippen molar-refractivity contribution in [2.75, 3.05) is 0 Å². The molecule has 5 heteroatoms. The van der Waals surface area contributed by atoms with E-state index >= 15 is 0 Å². The first-order valence-electron chi connectivity index (χ1n) is 15.0. The van der Waals surface area contributed by atoms with Gasteiger partial charge in [-0.3, -0.25) is 0 Å². The third-order valence-corrected chi connectivity index (χ3v) is 8.56. The predicted octanol–water partition coefficient (Wildman–Crippen LogP) is 9.45. The number of furan rings is 1. The highest BCUT2D eigenvalue weighted by Gasteiger charge is 2.24. The third-order valence-electron chi connectivity index (χ3n) is 8.56. The lowest BCUT2D eigenvalue weighted by molar-refractivity contribution is 0.654. The van der Waals surface area contributed by atoms with Crippen LogP contribution in [0.3, 0.4) is 0 Å². The number of aromatic nitrogens is 1. The van der Waals surface area contributed by atoms with Crippen molar-refractivity contribution in [2.24, 2.45) is 9.98 Å². The molecular weight excluding hydrogens is 552 g/mol.